The molecule has 0 aliphatic heterocycles. The minimum atomic E-state index is -1.07. The van der Waals surface area contributed by atoms with E-state index in [4.69, 9.17) is 16.1 Å². The third-order valence-electron chi connectivity index (χ3n) is 1.75. The van der Waals surface area contributed by atoms with Crippen LogP contribution < -0.4 is 16.4 Å². The number of carboxylic acid groups (broad SMARTS) is 1. The maximum absolute atomic E-state index is 10.1. The molecule has 1 rings (SSSR count). The van der Waals surface area contributed by atoms with Gasteiger partial charge < -0.3 is 21.5 Å². The zero-order valence-corrected chi connectivity index (χ0v) is 8.40. The van der Waals surface area contributed by atoms with E-state index in [9.17, 15) is 4.79 Å². The van der Waals surface area contributed by atoms with Gasteiger partial charge >= 0.3 is 6.09 Å². The van der Waals surface area contributed by atoms with Gasteiger partial charge in [0.05, 0.1) is 5.56 Å². The number of nitrogens with two attached hydrogens (primary N) is 1. The third kappa shape index (κ3) is 3.34. The van der Waals surface area contributed by atoms with Crippen molar-refractivity contribution in [3.05, 3.63) is 17.7 Å². The first-order valence-corrected chi connectivity index (χ1v) is 4.51. The summed E-state index contributed by atoms with van der Waals surface area (Å²) in [5, 5.41) is 22.0. The maximum Gasteiger partial charge on any atom is 0.404 e. The molecule has 7 heteroatoms. The monoisotopic (exact) mass is 221 g/mol. The topological polar surface area (TPSA) is 124 Å². The molecule has 7 nitrogen and oxygen atoms in total. The highest BCUT2D eigenvalue weighted by Gasteiger charge is 2.01. The highest BCUT2D eigenvalue weighted by atomic mass is 16.4. The predicted molar refractivity (Wildman–Crippen MR) is 57.9 cm³/mol. The van der Waals surface area contributed by atoms with Crippen molar-refractivity contribution >= 4 is 17.7 Å². The number of hydrogen-bond acceptors (Lipinski definition) is 5. The zero-order valence-electron chi connectivity index (χ0n) is 8.40. The van der Waals surface area contributed by atoms with Gasteiger partial charge in [0.15, 0.2) is 0 Å². The fourth-order valence-corrected chi connectivity index (χ4v) is 1.03. The molecule has 0 saturated heterocycles. The number of amides is 1. The van der Waals surface area contributed by atoms with Crippen LogP contribution in [0.5, 0.6) is 0 Å². The highest BCUT2D eigenvalue weighted by molar-refractivity contribution is 5.64. The molecule has 0 radical (unpaired) electrons. The fourth-order valence-electron chi connectivity index (χ4n) is 1.03. The Morgan fingerprint density at radius 3 is 2.88 bits per heavy atom. The Morgan fingerprint density at radius 2 is 2.31 bits per heavy atom. The number of hydrogen-bond donors (Lipinski definition) is 4. The van der Waals surface area contributed by atoms with Crippen LogP contribution in [0.3, 0.4) is 0 Å². The Labute approximate surface area is 91.9 Å². The van der Waals surface area contributed by atoms with E-state index in [0.29, 0.717) is 17.9 Å². The molecule has 0 fully saturated rings. The summed E-state index contributed by atoms with van der Waals surface area (Å²) in [6.45, 7) is 0.654. The quantitative estimate of drug-likeness (QED) is 0.539. The molecular weight excluding hydrogens is 210 g/mol. The zero-order chi connectivity index (χ0) is 12.0. The molecule has 0 aromatic carbocycles. The largest absolute Gasteiger partial charge is 0.465 e. The average Bonchev–Trinajstić information content (AvgIpc) is 2.24. The number of aromatic nitrogens is 1. The Morgan fingerprint density at radius 1 is 1.56 bits per heavy atom. The number of nitrogen functional groups attached to an aromatic ring is 1. The summed E-state index contributed by atoms with van der Waals surface area (Å²) in [7, 11) is 0. The molecule has 84 valence electrons. The van der Waals surface area contributed by atoms with E-state index in [0.717, 1.165) is 0 Å². The highest BCUT2D eigenvalue weighted by Crippen LogP contribution is 2.11. The smallest absolute Gasteiger partial charge is 0.404 e. The van der Waals surface area contributed by atoms with E-state index in [1.54, 1.807) is 12.1 Å². The van der Waals surface area contributed by atoms with Gasteiger partial charge in [-0.25, -0.2) is 9.78 Å². The van der Waals surface area contributed by atoms with E-state index >= 15 is 0 Å². The first-order chi connectivity index (χ1) is 7.63. The van der Waals surface area contributed by atoms with E-state index in [2.05, 4.69) is 15.6 Å². The number of anilines is 2. The van der Waals surface area contributed by atoms with E-state index < -0.39 is 6.09 Å². The fraction of sp³-hybridized carbons (Fsp3) is 0.222. The lowest BCUT2D eigenvalue weighted by Crippen LogP contribution is -2.27. The summed E-state index contributed by atoms with van der Waals surface area (Å²) in [4.78, 5) is 14.1. The summed E-state index contributed by atoms with van der Waals surface area (Å²) in [5.74, 6) is 0.655. The normalized spacial score (nSPS) is 9.19. The number of pyridine rings is 1. The molecule has 0 unspecified atom stereocenters. The van der Waals surface area contributed by atoms with Gasteiger partial charge in [-0.05, 0) is 12.1 Å². The van der Waals surface area contributed by atoms with Crippen LogP contribution in [0.2, 0.25) is 0 Å². The van der Waals surface area contributed by atoms with Gasteiger partial charge in [-0.2, -0.15) is 5.26 Å². The predicted octanol–water partition coefficient (Wildman–Crippen LogP) is 0.215. The van der Waals surface area contributed by atoms with Crippen molar-refractivity contribution in [1.82, 2.24) is 10.3 Å². The lowest BCUT2D eigenvalue weighted by atomic mass is 10.3. The van der Waals surface area contributed by atoms with Crippen LogP contribution in [0, 0.1) is 11.3 Å². The number of nitrogens with one attached hydrogen (secondary N) is 2. The molecule has 1 heterocycles. The van der Waals surface area contributed by atoms with Crippen molar-refractivity contribution in [1.29, 1.82) is 5.26 Å². The summed E-state index contributed by atoms with van der Waals surface area (Å²) in [6.07, 6.45) is -1.07. The first-order valence-electron chi connectivity index (χ1n) is 4.51. The van der Waals surface area contributed by atoms with Gasteiger partial charge in [-0.3, -0.25) is 0 Å². The molecule has 1 aromatic heterocycles. The molecule has 16 heavy (non-hydrogen) atoms. The average molecular weight is 221 g/mol. The summed E-state index contributed by atoms with van der Waals surface area (Å²) < 4.78 is 0. The van der Waals surface area contributed by atoms with E-state index in [1.165, 1.54) is 0 Å². The second-order valence-electron chi connectivity index (χ2n) is 2.90. The Kier molecular flexibility index (Phi) is 3.91. The molecule has 1 aromatic rings. The van der Waals surface area contributed by atoms with Crippen molar-refractivity contribution in [2.45, 2.75) is 0 Å². The minimum absolute atomic E-state index is 0.152. The lowest BCUT2D eigenvalue weighted by molar-refractivity contribution is 0.195. The third-order valence-corrected chi connectivity index (χ3v) is 1.75. The van der Waals surface area contributed by atoms with Crippen molar-refractivity contribution in [3.63, 3.8) is 0 Å². The van der Waals surface area contributed by atoms with Crippen LogP contribution in [-0.2, 0) is 0 Å². The van der Waals surface area contributed by atoms with Crippen molar-refractivity contribution in [2.24, 2.45) is 0 Å². The van der Waals surface area contributed by atoms with E-state index in [1.807, 2.05) is 6.07 Å². The van der Waals surface area contributed by atoms with Crippen molar-refractivity contribution in [2.75, 3.05) is 24.1 Å². The maximum atomic E-state index is 10.1. The molecule has 0 aliphatic carbocycles. The van der Waals surface area contributed by atoms with Crippen LogP contribution in [0.4, 0.5) is 16.4 Å². The molecule has 0 aliphatic rings. The van der Waals surface area contributed by atoms with Gasteiger partial charge in [0.1, 0.15) is 17.7 Å². The Bertz CT molecular complexity index is 426. The molecule has 0 spiro atoms. The Balaban J connectivity index is 2.47. The SMILES string of the molecule is N#Cc1ccc(NCCNC(=O)O)nc1N. The van der Waals surface area contributed by atoms with Crippen LogP contribution in [0.15, 0.2) is 12.1 Å². The van der Waals surface area contributed by atoms with Crippen LogP contribution in [0.1, 0.15) is 5.56 Å². The molecule has 1 amide bonds. The van der Waals surface area contributed by atoms with Crippen molar-refractivity contribution in [3.8, 4) is 6.07 Å². The summed E-state index contributed by atoms with van der Waals surface area (Å²) >= 11 is 0. The van der Waals surface area contributed by atoms with Crippen LogP contribution in [0.25, 0.3) is 0 Å². The van der Waals surface area contributed by atoms with Gasteiger partial charge in [-0.1, -0.05) is 0 Å². The summed E-state index contributed by atoms with van der Waals surface area (Å²) in [5.41, 5.74) is 5.82. The van der Waals surface area contributed by atoms with Crippen LogP contribution in [-0.4, -0.2) is 29.3 Å². The molecule has 0 saturated carbocycles. The molecular formula is C9H11N5O2. The van der Waals surface area contributed by atoms with E-state index in [-0.39, 0.29) is 12.4 Å². The van der Waals surface area contributed by atoms with Gasteiger partial charge in [0.2, 0.25) is 0 Å². The first kappa shape index (κ1) is 11.6. The van der Waals surface area contributed by atoms with Gasteiger partial charge in [0, 0.05) is 13.1 Å². The lowest BCUT2D eigenvalue weighted by Gasteiger charge is -2.06. The van der Waals surface area contributed by atoms with Gasteiger partial charge in [-0.15, -0.1) is 0 Å². The van der Waals surface area contributed by atoms with Crippen molar-refractivity contribution < 1.29 is 9.90 Å². The number of rotatable bonds is 4. The minimum Gasteiger partial charge on any atom is -0.465 e. The number of carbonyl (C=O) groups is 1. The van der Waals surface area contributed by atoms with Gasteiger partial charge in [0.25, 0.3) is 0 Å². The standard InChI is InChI=1S/C9H11N5O2/c10-5-6-1-2-7(14-8(6)11)12-3-4-13-9(15)16/h1-2,13H,3-4H2,(H,15,16)(H3,11,12,14). The Hall–Kier alpha value is -2.49. The number of nitriles is 1. The second kappa shape index (κ2) is 5.41. The van der Waals surface area contributed by atoms with Crippen LogP contribution >= 0.6 is 0 Å². The second-order valence-corrected chi connectivity index (χ2v) is 2.90. The molecule has 0 atom stereocenters. The molecule has 5 N–H and O–H groups in total. The number of nitrogens with zero attached hydrogens (tertiary/aromatic N) is 2. The molecule has 0 bridgehead atoms. The summed E-state index contributed by atoms with van der Waals surface area (Å²) in [6, 6.07) is 5.06.